The molecule has 2 rings (SSSR count). The fourth-order valence-electron chi connectivity index (χ4n) is 2.90. The molecule has 1 aromatic rings. The fraction of sp³-hybridized carbons (Fsp3) is 0.667. The first kappa shape index (κ1) is 15.1. The summed E-state index contributed by atoms with van der Waals surface area (Å²) in [5, 5.41) is 0. The second kappa shape index (κ2) is 7.45. The van der Waals surface area contributed by atoms with Crippen molar-refractivity contribution in [2.75, 3.05) is 26.8 Å². The zero-order valence-electron chi connectivity index (χ0n) is 12.3. The molecule has 1 fully saturated rings. The van der Waals surface area contributed by atoms with E-state index >= 15 is 0 Å². The van der Waals surface area contributed by atoms with Gasteiger partial charge in [-0.1, -0.05) is 0 Å². The third-order valence-corrected chi connectivity index (χ3v) is 3.97. The molecule has 112 valence electrons. The summed E-state index contributed by atoms with van der Waals surface area (Å²) in [7, 11) is 1.67. The van der Waals surface area contributed by atoms with Crippen LogP contribution in [0.15, 0.2) is 18.3 Å². The Morgan fingerprint density at radius 2 is 2.35 bits per heavy atom. The van der Waals surface area contributed by atoms with Crippen molar-refractivity contribution in [3.05, 3.63) is 24.0 Å². The van der Waals surface area contributed by atoms with Crippen molar-refractivity contribution in [3.8, 4) is 0 Å². The highest BCUT2D eigenvalue weighted by atomic mass is 16.5. The molecule has 1 amide bonds. The monoisotopic (exact) mass is 279 g/mol. The van der Waals surface area contributed by atoms with Gasteiger partial charge in [0, 0.05) is 32.4 Å². The van der Waals surface area contributed by atoms with Gasteiger partial charge >= 0.3 is 0 Å². The van der Waals surface area contributed by atoms with Crippen LogP contribution >= 0.6 is 0 Å². The maximum absolute atomic E-state index is 12.8. The number of hydrogen-bond donors (Lipinski definition) is 1. The second-order valence-electron chi connectivity index (χ2n) is 5.31. The van der Waals surface area contributed by atoms with Crippen LogP contribution < -0.4 is 5.73 Å². The Bertz CT molecular complexity index is 429. The largest absolute Gasteiger partial charge is 0.383 e. The average Bonchev–Trinajstić information content (AvgIpc) is 2.93. The lowest BCUT2D eigenvalue weighted by Crippen LogP contribution is -2.45. The van der Waals surface area contributed by atoms with E-state index in [1.165, 1.54) is 6.42 Å². The van der Waals surface area contributed by atoms with Gasteiger partial charge in [-0.15, -0.1) is 0 Å². The number of rotatable bonds is 6. The maximum atomic E-state index is 12.8. The number of ether oxygens (including phenoxy) is 1. The number of aromatic nitrogens is 1. The van der Waals surface area contributed by atoms with Crippen LogP contribution in [0.5, 0.6) is 0 Å². The molecule has 1 unspecified atom stereocenters. The second-order valence-corrected chi connectivity index (χ2v) is 5.31. The number of nitrogens with zero attached hydrogens (tertiary/aromatic N) is 2. The number of hydrogen-bond acceptors (Lipinski definition) is 3. The maximum Gasteiger partial charge on any atom is 0.270 e. The summed E-state index contributed by atoms with van der Waals surface area (Å²) in [5.74, 6) is 0.129. The molecule has 1 aliphatic heterocycles. The summed E-state index contributed by atoms with van der Waals surface area (Å²) < 4.78 is 7.06. The molecule has 5 nitrogen and oxygen atoms in total. The predicted octanol–water partition coefficient (Wildman–Crippen LogP) is 1.48. The van der Waals surface area contributed by atoms with E-state index in [9.17, 15) is 4.79 Å². The minimum Gasteiger partial charge on any atom is -0.383 e. The first-order valence-corrected chi connectivity index (χ1v) is 7.43. The van der Waals surface area contributed by atoms with Crippen molar-refractivity contribution in [1.29, 1.82) is 0 Å². The molecule has 1 atom stereocenters. The van der Waals surface area contributed by atoms with Gasteiger partial charge in [0.1, 0.15) is 5.69 Å². The lowest BCUT2D eigenvalue weighted by atomic mass is 9.99. The first-order valence-electron chi connectivity index (χ1n) is 7.43. The fourth-order valence-corrected chi connectivity index (χ4v) is 2.90. The lowest BCUT2D eigenvalue weighted by Gasteiger charge is -2.35. The Balaban J connectivity index is 2.10. The third kappa shape index (κ3) is 3.41. The molecule has 0 saturated carbocycles. The smallest absolute Gasteiger partial charge is 0.270 e. The van der Waals surface area contributed by atoms with Crippen LogP contribution in [-0.4, -0.2) is 48.2 Å². The molecule has 0 bridgehead atoms. The van der Waals surface area contributed by atoms with Gasteiger partial charge in [-0.25, -0.2) is 0 Å². The van der Waals surface area contributed by atoms with Crippen LogP contribution in [-0.2, 0) is 11.3 Å². The third-order valence-electron chi connectivity index (χ3n) is 3.97. The van der Waals surface area contributed by atoms with E-state index in [-0.39, 0.29) is 5.91 Å². The van der Waals surface area contributed by atoms with Crippen molar-refractivity contribution >= 4 is 5.91 Å². The van der Waals surface area contributed by atoms with E-state index in [1.54, 1.807) is 7.11 Å². The zero-order chi connectivity index (χ0) is 14.4. The summed E-state index contributed by atoms with van der Waals surface area (Å²) in [5.41, 5.74) is 6.43. The number of amides is 1. The van der Waals surface area contributed by atoms with Crippen molar-refractivity contribution in [1.82, 2.24) is 9.47 Å². The van der Waals surface area contributed by atoms with Crippen molar-refractivity contribution < 1.29 is 9.53 Å². The average molecular weight is 279 g/mol. The molecular weight excluding hydrogens is 254 g/mol. The van der Waals surface area contributed by atoms with Gasteiger partial charge in [-0.2, -0.15) is 0 Å². The van der Waals surface area contributed by atoms with Gasteiger partial charge in [-0.05, 0) is 44.4 Å². The summed E-state index contributed by atoms with van der Waals surface area (Å²) in [4.78, 5) is 14.8. The first-order chi connectivity index (χ1) is 9.77. The quantitative estimate of drug-likeness (QED) is 0.858. The van der Waals surface area contributed by atoms with E-state index in [0.29, 0.717) is 25.7 Å². The summed E-state index contributed by atoms with van der Waals surface area (Å²) in [6.07, 6.45) is 6.19. The SMILES string of the molecule is COCCn1cccc1C(=O)N1CCCCC1CCN. The molecule has 0 radical (unpaired) electrons. The molecule has 1 saturated heterocycles. The van der Waals surface area contributed by atoms with E-state index in [4.69, 9.17) is 10.5 Å². The minimum atomic E-state index is 0.129. The molecular formula is C15H25N3O2. The van der Waals surface area contributed by atoms with Crippen LogP contribution in [0, 0.1) is 0 Å². The van der Waals surface area contributed by atoms with Gasteiger partial charge < -0.3 is 19.9 Å². The number of methoxy groups -OCH3 is 1. The summed E-state index contributed by atoms with van der Waals surface area (Å²) >= 11 is 0. The molecule has 5 heteroatoms. The highest BCUT2D eigenvalue weighted by Gasteiger charge is 2.28. The Kier molecular flexibility index (Phi) is 5.61. The molecule has 0 spiro atoms. The van der Waals surface area contributed by atoms with Gasteiger partial charge in [-0.3, -0.25) is 4.79 Å². The molecule has 2 heterocycles. The molecule has 1 aliphatic rings. The topological polar surface area (TPSA) is 60.5 Å². The Morgan fingerprint density at radius 3 is 3.10 bits per heavy atom. The number of nitrogens with two attached hydrogens (primary N) is 1. The van der Waals surface area contributed by atoms with E-state index in [0.717, 1.165) is 31.5 Å². The number of carbonyl (C=O) groups excluding carboxylic acids is 1. The normalized spacial score (nSPS) is 19.3. The zero-order valence-corrected chi connectivity index (χ0v) is 12.3. The van der Waals surface area contributed by atoms with Crippen LogP contribution in [0.25, 0.3) is 0 Å². The Morgan fingerprint density at radius 1 is 1.50 bits per heavy atom. The standard InChI is InChI=1S/C15H25N3O2/c1-20-12-11-17-9-4-6-14(17)15(19)18-10-3-2-5-13(18)7-8-16/h4,6,9,13H,2-3,5,7-8,10-12,16H2,1H3. The number of likely N-dealkylation sites (tertiary alicyclic amines) is 1. The predicted molar refractivity (Wildman–Crippen MR) is 78.7 cm³/mol. The highest BCUT2D eigenvalue weighted by Crippen LogP contribution is 2.21. The minimum absolute atomic E-state index is 0.129. The van der Waals surface area contributed by atoms with Gasteiger partial charge in [0.25, 0.3) is 5.91 Å². The van der Waals surface area contributed by atoms with Crippen molar-refractivity contribution in [3.63, 3.8) is 0 Å². The van der Waals surface area contributed by atoms with Gasteiger partial charge in [0.15, 0.2) is 0 Å². The van der Waals surface area contributed by atoms with E-state index < -0.39 is 0 Å². The van der Waals surface area contributed by atoms with E-state index in [2.05, 4.69) is 0 Å². The number of carbonyl (C=O) groups is 1. The summed E-state index contributed by atoms with van der Waals surface area (Å²) in [6, 6.07) is 4.11. The van der Waals surface area contributed by atoms with Crippen molar-refractivity contribution in [2.24, 2.45) is 5.73 Å². The summed E-state index contributed by atoms with van der Waals surface area (Å²) in [6.45, 7) is 2.80. The van der Waals surface area contributed by atoms with Crippen LogP contribution in [0.2, 0.25) is 0 Å². The van der Waals surface area contributed by atoms with Crippen LogP contribution in [0.4, 0.5) is 0 Å². The van der Waals surface area contributed by atoms with Crippen LogP contribution in [0.1, 0.15) is 36.2 Å². The van der Waals surface area contributed by atoms with Gasteiger partial charge in [0.05, 0.1) is 6.61 Å². The molecule has 20 heavy (non-hydrogen) atoms. The Labute approximate surface area is 120 Å². The molecule has 2 N–H and O–H groups in total. The van der Waals surface area contributed by atoms with Crippen molar-refractivity contribution in [2.45, 2.75) is 38.3 Å². The molecule has 0 aliphatic carbocycles. The number of piperidine rings is 1. The molecule has 1 aromatic heterocycles. The van der Waals surface area contributed by atoms with Gasteiger partial charge in [0.2, 0.25) is 0 Å². The molecule has 0 aromatic carbocycles. The Hall–Kier alpha value is -1.33. The van der Waals surface area contributed by atoms with Crippen LogP contribution in [0.3, 0.4) is 0 Å². The highest BCUT2D eigenvalue weighted by molar-refractivity contribution is 5.93. The lowest BCUT2D eigenvalue weighted by molar-refractivity contribution is 0.0591. The van der Waals surface area contributed by atoms with E-state index in [1.807, 2.05) is 27.8 Å².